The second-order valence-corrected chi connectivity index (χ2v) is 5.53. The first-order valence-corrected chi connectivity index (χ1v) is 7.63. The van der Waals surface area contributed by atoms with E-state index in [0.717, 1.165) is 11.3 Å². The molecule has 0 saturated heterocycles. The lowest BCUT2D eigenvalue weighted by molar-refractivity contribution is 0.0985. The van der Waals surface area contributed by atoms with Gasteiger partial charge in [0.25, 0.3) is 5.91 Å². The van der Waals surface area contributed by atoms with Gasteiger partial charge in [-0.15, -0.1) is 0 Å². The Hall–Kier alpha value is -2.65. The predicted octanol–water partition coefficient (Wildman–Crippen LogP) is 4.58. The summed E-state index contributed by atoms with van der Waals surface area (Å²) in [4.78, 5) is 18.8. The van der Waals surface area contributed by atoms with Crippen LogP contribution in [0.4, 0.5) is 5.69 Å². The van der Waals surface area contributed by atoms with E-state index in [1.54, 1.807) is 41.6 Å². The van der Waals surface area contributed by atoms with E-state index in [2.05, 4.69) is 4.98 Å². The molecule has 0 aliphatic carbocycles. The highest BCUT2D eigenvalue weighted by atomic mass is 35.5. The van der Waals surface area contributed by atoms with Crippen LogP contribution >= 0.6 is 11.6 Å². The van der Waals surface area contributed by atoms with Gasteiger partial charge in [0, 0.05) is 28.7 Å². The number of hydrogen-bond acceptors (Lipinski definition) is 2. The highest BCUT2D eigenvalue weighted by Gasteiger charge is 2.18. The van der Waals surface area contributed by atoms with Gasteiger partial charge >= 0.3 is 0 Å². The largest absolute Gasteiger partial charge is 0.304 e. The normalized spacial score (nSPS) is 10.3. The summed E-state index contributed by atoms with van der Waals surface area (Å²) in [5.41, 5.74) is 2.36. The van der Waals surface area contributed by atoms with Crippen LogP contribution in [0.3, 0.4) is 0 Å². The Kier molecular flexibility index (Phi) is 4.69. The second-order valence-electron chi connectivity index (χ2n) is 5.10. The van der Waals surface area contributed by atoms with Gasteiger partial charge in [-0.2, -0.15) is 0 Å². The smallest absolute Gasteiger partial charge is 0.258 e. The number of pyridine rings is 1. The molecule has 114 valence electrons. The summed E-state index contributed by atoms with van der Waals surface area (Å²) in [5.74, 6) is -0.0949. The molecule has 0 N–H and O–H groups in total. The number of para-hydroxylation sites is 1. The van der Waals surface area contributed by atoms with Crippen LogP contribution in [0.5, 0.6) is 0 Å². The molecule has 0 saturated carbocycles. The van der Waals surface area contributed by atoms with Crippen LogP contribution in [-0.2, 0) is 6.54 Å². The fourth-order valence-electron chi connectivity index (χ4n) is 2.34. The Morgan fingerprint density at radius 1 is 1.00 bits per heavy atom. The number of aromatic nitrogens is 1. The van der Waals surface area contributed by atoms with Crippen LogP contribution in [0.1, 0.15) is 15.9 Å². The van der Waals surface area contributed by atoms with Crippen molar-refractivity contribution in [3.8, 4) is 0 Å². The lowest BCUT2D eigenvalue weighted by Gasteiger charge is -2.23. The second kappa shape index (κ2) is 7.07. The number of nitrogens with zero attached hydrogens (tertiary/aromatic N) is 2. The van der Waals surface area contributed by atoms with E-state index in [1.165, 1.54) is 0 Å². The number of halogens is 1. The first kappa shape index (κ1) is 15.3. The quantitative estimate of drug-likeness (QED) is 0.704. The minimum atomic E-state index is -0.0949. The average molecular weight is 323 g/mol. The lowest BCUT2D eigenvalue weighted by Crippen LogP contribution is -2.30. The molecule has 2 aromatic carbocycles. The Bertz CT molecular complexity index is 791. The van der Waals surface area contributed by atoms with Crippen molar-refractivity contribution >= 4 is 23.2 Å². The number of carbonyl (C=O) groups is 1. The van der Waals surface area contributed by atoms with Gasteiger partial charge in [-0.25, -0.2) is 0 Å². The van der Waals surface area contributed by atoms with Gasteiger partial charge in [0.1, 0.15) is 0 Å². The number of carbonyl (C=O) groups excluding carboxylic acids is 1. The molecule has 0 radical (unpaired) electrons. The van der Waals surface area contributed by atoms with E-state index in [1.807, 2.05) is 42.5 Å². The summed E-state index contributed by atoms with van der Waals surface area (Å²) in [6, 6.07) is 20.4. The van der Waals surface area contributed by atoms with E-state index in [4.69, 9.17) is 11.6 Å². The Balaban J connectivity index is 1.96. The molecule has 0 aliphatic heterocycles. The van der Waals surface area contributed by atoms with Crippen LogP contribution in [0, 0.1) is 0 Å². The van der Waals surface area contributed by atoms with Gasteiger partial charge < -0.3 is 4.90 Å². The zero-order chi connectivity index (χ0) is 16.1. The van der Waals surface area contributed by atoms with Gasteiger partial charge in [-0.1, -0.05) is 41.9 Å². The molecule has 0 fully saturated rings. The molecule has 0 spiro atoms. The summed E-state index contributed by atoms with van der Waals surface area (Å²) in [7, 11) is 0. The number of amides is 1. The molecule has 0 atom stereocenters. The standard InChI is InChI=1S/C19H15ClN2O/c20-17-8-4-7-16(12-17)19(23)22(18-9-2-1-3-10-18)14-15-6-5-11-21-13-15/h1-13H,14H2. The fourth-order valence-corrected chi connectivity index (χ4v) is 2.53. The van der Waals surface area contributed by atoms with E-state index < -0.39 is 0 Å². The van der Waals surface area contributed by atoms with E-state index >= 15 is 0 Å². The van der Waals surface area contributed by atoms with E-state index in [-0.39, 0.29) is 5.91 Å². The Morgan fingerprint density at radius 3 is 2.52 bits per heavy atom. The molecule has 3 rings (SSSR count). The SMILES string of the molecule is O=C(c1cccc(Cl)c1)N(Cc1cccnc1)c1ccccc1. The first-order chi connectivity index (χ1) is 11.2. The molecule has 23 heavy (non-hydrogen) atoms. The predicted molar refractivity (Wildman–Crippen MR) is 92.6 cm³/mol. The molecule has 1 heterocycles. The molecule has 3 nitrogen and oxygen atoms in total. The Morgan fingerprint density at radius 2 is 1.83 bits per heavy atom. The van der Waals surface area contributed by atoms with Crippen molar-refractivity contribution in [1.82, 2.24) is 4.98 Å². The number of hydrogen-bond donors (Lipinski definition) is 0. The Labute approximate surface area is 140 Å². The highest BCUT2D eigenvalue weighted by Crippen LogP contribution is 2.21. The molecular formula is C19H15ClN2O. The number of benzene rings is 2. The maximum Gasteiger partial charge on any atom is 0.258 e. The summed E-state index contributed by atoms with van der Waals surface area (Å²) in [6.45, 7) is 0.448. The van der Waals surface area contributed by atoms with Crippen LogP contribution < -0.4 is 4.90 Å². The minimum Gasteiger partial charge on any atom is -0.304 e. The first-order valence-electron chi connectivity index (χ1n) is 7.25. The van der Waals surface area contributed by atoms with Crippen molar-refractivity contribution < 1.29 is 4.79 Å². The van der Waals surface area contributed by atoms with Crippen molar-refractivity contribution in [1.29, 1.82) is 0 Å². The number of rotatable bonds is 4. The van der Waals surface area contributed by atoms with E-state index in [0.29, 0.717) is 17.1 Å². The third kappa shape index (κ3) is 3.76. The third-order valence-electron chi connectivity index (χ3n) is 3.45. The number of anilines is 1. The highest BCUT2D eigenvalue weighted by molar-refractivity contribution is 6.31. The van der Waals surface area contributed by atoms with Gasteiger partial charge in [0.05, 0.1) is 6.54 Å². The van der Waals surface area contributed by atoms with E-state index in [9.17, 15) is 4.79 Å². The van der Waals surface area contributed by atoms with Crippen molar-refractivity contribution in [3.05, 3.63) is 95.3 Å². The van der Waals surface area contributed by atoms with Crippen molar-refractivity contribution in [2.75, 3.05) is 4.90 Å². The molecule has 0 bridgehead atoms. The lowest BCUT2D eigenvalue weighted by atomic mass is 10.1. The zero-order valence-corrected chi connectivity index (χ0v) is 13.1. The van der Waals surface area contributed by atoms with Crippen LogP contribution in [0.15, 0.2) is 79.1 Å². The monoisotopic (exact) mass is 322 g/mol. The fraction of sp³-hybridized carbons (Fsp3) is 0.0526. The molecule has 0 unspecified atom stereocenters. The van der Waals surface area contributed by atoms with Gasteiger partial charge in [0.2, 0.25) is 0 Å². The van der Waals surface area contributed by atoms with Gasteiger partial charge in [-0.3, -0.25) is 9.78 Å². The van der Waals surface area contributed by atoms with Crippen molar-refractivity contribution in [3.63, 3.8) is 0 Å². The zero-order valence-electron chi connectivity index (χ0n) is 12.4. The molecule has 1 amide bonds. The molecule has 3 aromatic rings. The molecule has 0 aliphatic rings. The summed E-state index contributed by atoms with van der Waals surface area (Å²) < 4.78 is 0. The molecule has 4 heteroatoms. The summed E-state index contributed by atoms with van der Waals surface area (Å²) in [5, 5.41) is 0.547. The van der Waals surface area contributed by atoms with Crippen molar-refractivity contribution in [2.45, 2.75) is 6.54 Å². The van der Waals surface area contributed by atoms with Crippen LogP contribution in [0.25, 0.3) is 0 Å². The summed E-state index contributed by atoms with van der Waals surface area (Å²) >= 11 is 6.02. The maximum absolute atomic E-state index is 12.9. The maximum atomic E-state index is 12.9. The van der Waals surface area contributed by atoms with Crippen LogP contribution in [-0.4, -0.2) is 10.9 Å². The van der Waals surface area contributed by atoms with Crippen LogP contribution in [0.2, 0.25) is 5.02 Å². The average Bonchev–Trinajstić information content (AvgIpc) is 2.61. The molecule has 1 aromatic heterocycles. The summed E-state index contributed by atoms with van der Waals surface area (Å²) in [6.07, 6.45) is 3.48. The molecular weight excluding hydrogens is 308 g/mol. The van der Waals surface area contributed by atoms with Gasteiger partial charge in [-0.05, 0) is 42.0 Å². The topological polar surface area (TPSA) is 33.2 Å². The van der Waals surface area contributed by atoms with Crippen molar-refractivity contribution in [2.24, 2.45) is 0 Å². The van der Waals surface area contributed by atoms with Gasteiger partial charge in [0.15, 0.2) is 0 Å². The minimum absolute atomic E-state index is 0.0949. The third-order valence-corrected chi connectivity index (χ3v) is 3.68.